The van der Waals surface area contributed by atoms with E-state index in [2.05, 4.69) is 10.2 Å². The second-order valence-corrected chi connectivity index (χ2v) is 6.29. The van der Waals surface area contributed by atoms with E-state index < -0.39 is 11.1 Å². The van der Waals surface area contributed by atoms with E-state index in [0.29, 0.717) is 22.2 Å². The van der Waals surface area contributed by atoms with Gasteiger partial charge >= 0.3 is 0 Å². The quantitative estimate of drug-likeness (QED) is 0.680. The minimum atomic E-state index is -2.17. The molecule has 0 aliphatic carbocycles. The molecular formula is C16H13ClN3O2S-. The van der Waals surface area contributed by atoms with Gasteiger partial charge < -0.3 is 9.12 Å². The summed E-state index contributed by atoms with van der Waals surface area (Å²) in [6.45, 7) is 0. The molecule has 7 heteroatoms. The van der Waals surface area contributed by atoms with Crippen LogP contribution in [0.15, 0.2) is 48.5 Å². The number of halogens is 1. The van der Waals surface area contributed by atoms with Crippen LogP contribution in [0.25, 0.3) is 22.8 Å². The van der Waals surface area contributed by atoms with Gasteiger partial charge in [0.15, 0.2) is 11.6 Å². The van der Waals surface area contributed by atoms with Crippen LogP contribution in [0.4, 0.5) is 0 Å². The van der Waals surface area contributed by atoms with Crippen LogP contribution in [-0.2, 0) is 23.9 Å². The summed E-state index contributed by atoms with van der Waals surface area (Å²) in [6.07, 6.45) is 0. The Morgan fingerprint density at radius 3 is 2.26 bits per heavy atom. The maximum Gasteiger partial charge on any atom is 0.165 e. The number of hydrogen-bond acceptors (Lipinski definition) is 4. The summed E-state index contributed by atoms with van der Waals surface area (Å²) in [5.74, 6) is 1.16. The van der Waals surface area contributed by atoms with E-state index in [1.54, 1.807) is 18.2 Å². The molecule has 0 amide bonds. The monoisotopic (exact) mass is 346 g/mol. The molecule has 1 atom stereocenters. The average Bonchev–Trinajstić information content (AvgIpc) is 2.89. The van der Waals surface area contributed by atoms with Crippen LogP contribution in [0.1, 0.15) is 5.56 Å². The Hall–Kier alpha value is -2.02. The molecule has 5 nitrogen and oxygen atoms in total. The first-order chi connectivity index (χ1) is 11.1. The van der Waals surface area contributed by atoms with Crippen LogP contribution >= 0.6 is 11.6 Å². The van der Waals surface area contributed by atoms with Gasteiger partial charge in [-0.1, -0.05) is 59.1 Å². The third kappa shape index (κ3) is 3.19. The summed E-state index contributed by atoms with van der Waals surface area (Å²) in [5, 5.41) is 9.03. The van der Waals surface area contributed by atoms with Crippen LogP contribution in [0, 0.1) is 0 Å². The van der Waals surface area contributed by atoms with Crippen molar-refractivity contribution in [3.05, 3.63) is 59.1 Å². The first-order valence-electron chi connectivity index (χ1n) is 6.86. The summed E-state index contributed by atoms with van der Waals surface area (Å²) < 4.78 is 23.9. The average molecular weight is 347 g/mol. The Kier molecular flexibility index (Phi) is 4.56. The molecule has 0 N–H and O–H groups in total. The molecule has 3 aromatic rings. The highest BCUT2D eigenvalue weighted by molar-refractivity contribution is 7.78. The fourth-order valence-corrected chi connectivity index (χ4v) is 3.16. The first-order valence-corrected chi connectivity index (χ1v) is 8.48. The highest BCUT2D eigenvalue weighted by Gasteiger charge is 2.16. The van der Waals surface area contributed by atoms with Crippen LogP contribution < -0.4 is 0 Å². The van der Waals surface area contributed by atoms with Crippen LogP contribution in [0.2, 0.25) is 5.02 Å². The molecule has 0 fully saturated rings. The minimum Gasteiger partial charge on any atom is -0.772 e. The molecule has 0 radical (unpaired) electrons. The standard InChI is InChI=1S/C16H14ClN3O2S/c1-20-15(12-7-3-2-6-11(12)10-23(21)22)18-19-16(20)13-8-4-5-9-14(13)17/h2-9H,10H2,1H3,(H,21,22)/p-1. The number of nitrogens with zero attached hydrogens (tertiary/aromatic N) is 3. The van der Waals surface area contributed by atoms with Gasteiger partial charge in [0.05, 0.1) is 5.02 Å². The predicted molar refractivity (Wildman–Crippen MR) is 89.5 cm³/mol. The number of hydrogen-bond donors (Lipinski definition) is 0. The number of rotatable bonds is 4. The van der Waals surface area contributed by atoms with Gasteiger partial charge in [-0.2, -0.15) is 0 Å². The van der Waals surface area contributed by atoms with Crippen molar-refractivity contribution in [2.75, 3.05) is 0 Å². The fraction of sp³-hybridized carbons (Fsp3) is 0.125. The Balaban J connectivity index is 2.11. The van der Waals surface area contributed by atoms with Crippen molar-refractivity contribution < 1.29 is 8.76 Å². The third-order valence-electron chi connectivity index (χ3n) is 3.52. The van der Waals surface area contributed by atoms with Crippen molar-refractivity contribution >= 4 is 22.7 Å². The fourth-order valence-electron chi connectivity index (χ4n) is 2.43. The highest BCUT2D eigenvalue weighted by atomic mass is 35.5. The number of benzene rings is 2. The van der Waals surface area contributed by atoms with E-state index >= 15 is 0 Å². The van der Waals surface area contributed by atoms with Crippen molar-refractivity contribution in [3.63, 3.8) is 0 Å². The molecule has 0 saturated carbocycles. The molecule has 23 heavy (non-hydrogen) atoms. The zero-order chi connectivity index (χ0) is 16.4. The van der Waals surface area contributed by atoms with Crippen molar-refractivity contribution in [1.82, 2.24) is 14.8 Å². The summed E-state index contributed by atoms with van der Waals surface area (Å²) in [4.78, 5) is 0. The topological polar surface area (TPSA) is 70.8 Å². The van der Waals surface area contributed by atoms with Crippen molar-refractivity contribution in [2.24, 2.45) is 7.05 Å². The van der Waals surface area contributed by atoms with Gasteiger partial charge in [0.2, 0.25) is 0 Å². The molecule has 1 unspecified atom stereocenters. The lowest BCUT2D eigenvalue weighted by Crippen LogP contribution is -2.01. The molecule has 1 heterocycles. The van der Waals surface area contributed by atoms with Crippen LogP contribution in [0.3, 0.4) is 0 Å². The van der Waals surface area contributed by atoms with E-state index in [1.807, 2.05) is 41.9 Å². The van der Waals surface area contributed by atoms with Gasteiger partial charge in [0.25, 0.3) is 0 Å². The summed E-state index contributed by atoms with van der Waals surface area (Å²) in [6, 6.07) is 14.6. The second-order valence-electron chi connectivity index (χ2n) is 4.99. The van der Waals surface area contributed by atoms with Crippen LogP contribution in [-0.4, -0.2) is 23.5 Å². The first kappa shape index (κ1) is 15.9. The molecule has 0 aliphatic heterocycles. The van der Waals surface area contributed by atoms with Crippen molar-refractivity contribution in [2.45, 2.75) is 5.75 Å². The van der Waals surface area contributed by atoms with Crippen molar-refractivity contribution in [3.8, 4) is 22.8 Å². The maximum atomic E-state index is 11.0. The maximum absolute atomic E-state index is 11.0. The van der Waals surface area contributed by atoms with E-state index in [0.717, 1.165) is 11.1 Å². The van der Waals surface area contributed by atoms with E-state index in [4.69, 9.17) is 11.6 Å². The molecule has 3 rings (SSSR count). The van der Waals surface area contributed by atoms with Gasteiger partial charge in [-0.3, -0.25) is 4.21 Å². The lowest BCUT2D eigenvalue weighted by Gasteiger charge is -2.11. The molecule has 1 aromatic heterocycles. The highest BCUT2D eigenvalue weighted by Crippen LogP contribution is 2.30. The van der Waals surface area contributed by atoms with Gasteiger partial charge in [-0.15, -0.1) is 10.2 Å². The van der Waals surface area contributed by atoms with E-state index in [9.17, 15) is 8.76 Å². The van der Waals surface area contributed by atoms with E-state index in [-0.39, 0.29) is 5.75 Å². The van der Waals surface area contributed by atoms with Crippen LogP contribution in [0.5, 0.6) is 0 Å². The molecule has 0 spiro atoms. The summed E-state index contributed by atoms with van der Waals surface area (Å²) >= 11 is 4.05. The minimum absolute atomic E-state index is 0.0650. The lowest BCUT2D eigenvalue weighted by atomic mass is 10.1. The Morgan fingerprint density at radius 1 is 1.04 bits per heavy atom. The zero-order valence-electron chi connectivity index (χ0n) is 12.3. The summed E-state index contributed by atoms with van der Waals surface area (Å²) in [7, 11) is 1.83. The van der Waals surface area contributed by atoms with Crippen molar-refractivity contribution in [1.29, 1.82) is 0 Å². The molecule has 118 valence electrons. The SMILES string of the molecule is Cn1c(-c2ccccc2Cl)nnc1-c1ccccc1CS(=O)[O-]. The molecule has 2 aromatic carbocycles. The second kappa shape index (κ2) is 6.62. The van der Waals surface area contributed by atoms with Gasteiger partial charge in [0, 0.05) is 23.9 Å². The summed E-state index contributed by atoms with van der Waals surface area (Å²) in [5.41, 5.74) is 2.20. The smallest absolute Gasteiger partial charge is 0.165 e. The van der Waals surface area contributed by atoms with Gasteiger partial charge in [-0.05, 0) is 17.7 Å². The predicted octanol–water partition coefficient (Wildman–Crippen LogP) is 3.18. The lowest BCUT2D eigenvalue weighted by molar-refractivity contribution is 0.536. The van der Waals surface area contributed by atoms with Gasteiger partial charge in [-0.25, -0.2) is 0 Å². The molecule has 0 saturated heterocycles. The Morgan fingerprint density at radius 2 is 1.61 bits per heavy atom. The third-order valence-corrected chi connectivity index (χ3v) is 4.40. The largest absolute Gasteiger partial charge is 0.772 e. The molecular weight excluding hydrogens is 334 g/mol. The van der Waals surface area contributed by atoms with Gasteiger partial charge in [0.1, 0.15) is 0 Å². The zero-order valence-corrected chi connectivity index (χ0v) is 13.8. The normalized spacial score (nSPS) is 12.3. The van der Waals surface area contributed by atoms with E-state index in [1.165, 1.54) is 0 Å². The molecule has 0 aliphatic rings. The molecule has 0 bridgehead atoms. The Bertz CT molecular complexity index is 879. The number of aromatic nitrogens is 3. The Labute approximate surface area is 141 Å².